The first-order valence-electron chi connectivity index (χ1n) is 9.69. The van der Waals surface area contributed by atoms with Gasteiger partial charge in [0.1, 0.15) is 5.75 Å². The van der Waals surface area contributed by atoms with Crippen LogP contribution in [0, 0.1) is 0 Å². The largest absolute Gasteiger partial charge is 0.497 e. The molecular formula is C21H23F3N2O4S. The summed E-state index contributed by atoms with van der Waals surface area (Å²) in [6, 6.07) is 9.43. The van der Waals surface area contributed by atoms with E-state index < -0.39 is 27.7 Å². The van der Waals surface area contributed by atoms with Crippen molar-refractivity contribution in [3.63, 3.8) is 0 Å². The molecule has 0 aliphatic carbocycles. The van der Waals surface area contributed by atoms with Gasteiger partial charge in [0.05, 0.1) is 18.4 Å². The zero-order chi connectivity index (χ0) is 22.6. The van der Waals surface area contributed by atoms with Crippen LogP contribution in [0.5, 0.6) is 5.75 Å². The highest BCUT2D eigenvalue weighted by molar-refractivity contribution is 7.89. The zero-order valence-electron chi connectivity index (χ0n) is 16.9. The summed E-state index contributed by atoms with van der Waals surface area (Å²) in [6.45, 7) is 0.765. The quantitative estimate of drug-likeness (QED) is 0.650. The number of nitrogens with one attached hydrogen (secondary N) is 1. The number of carbonyl (C=O) groups excluding carboxylic acids is 1. The maximum absolute atomic E-state index is 12.6. The first-order valence-corrected chi connectivity index (χ1v) is 11.3. The maximum atomic E-state index is 12.6. The number of methoxy groups -OCH3 is 1. The lowest BCUT2D eigenvalue weighted by molar-refractivity contribution is -0.137. The number of sulfonamides is 1. The fourth-order valence-electron chi connectivity index (χ4n) is 3.37. The van der Waals surface area contributed by atoms with Crippen LogP contribution >= 0.6 is 0 Å². The van der Waals surface area contributed by atoms with E-state index in [1.807, 2.05) is 12.1 Å². The van der Waals surface area contributed by atoms with Gasteiger partial charge in [0.25, 0.3) is 5.91 Å². The molecule has 1 aliphatic rings. The maximum Gasteiger partial charge on any atom is 0.416 e. The summed E-state index contributed by atoms with van der Waals surface area (Å²) in [7, 11) is -1.92. The highest BCUT2D eigenvalue weighted by Gasteiger charge is 2.30. The van der Waals surface area contributed by atoms with Crippen LogP contribution in [-0.2, 0) is 29.2 Å². The van der Waals surface area contributed by atoms with Gasteiger partial charge < -0.3 is 10.1 Å². The van der Waals surface area contributed by atoms with E-state index in [0.717, 1.165) is 41.1 Å². The third kappa shape index (κ3) is 5.76. The van der Waals surface area contributed by atoms with Crippen LogP contribution in [0.3, 0.4) is 0 Å². The summed E-state index contributed by atoms with van der Waals surface area (Å²) >= 11 is 0. The second-order valence-electron chi connectivity index (χ2n) is 7.22. The predicted molar refractivity (Wildman–Crippen MR) is 109 cm³/mol. The average molecular weight is 456 g/mol. The third-order valence-electron chi connectivity index (χ3n) is 5.12. The van der Waals surface area contributed by atoms with E-state index in [9.17, 15) is 26.4 Å². The van der Waals surface area contributed by atoms with E-state index in [1.54, 1.807) is 13.2 Å². The van der Waals surface area contributed by atoms with E-state index in [-0.39, 0.29) is 24.3 Å². The summed E-state index contributed by atoms with van der Waals surface area (Å²) < 4.78 is 69.7. The number of amides is 1. The Balaban J connectivity index is 1.49. The number of carbonyl (C=O) groups is 1. The minimum atomic E-state index is -4.47. The molecule has 0 radical (unpaired) electrons. The molecule has 0 saturated heterocycles. The molecule has 6 nitrogen and oxygen atoms in total. The number of hydrogen-bond acceptors (Lipinski definition) is 4. The lowest BCUT2D eigenvalue weighted by atomic mass is 10.0. The molecule has 0 aromatic heterocycles. The van der Waals surface area contributed by atoms with E-state index in [2.05, 4.69) is 5.32 Å². The van der Waals surface area contributed by atoms with Gasteiger partial charge in [-0.1, -0.05) is 6.07 Å². The van der Waals surface area contributed by atoms with Crippen LogP contribution in [0.15, 0.2) is 42.5 Å². The number of alkyl halides is 3. The highest BCUT2D eigenvalue weighted by Crippen LogP contribution is 2.29. The topological polar surface area (TPSA) is 75.7 Å². The Kier molecular flexibility index (Phi) is 6.90. The van der Waals surface area contributed by atoms with Crippen LogP contribution < -0.4 is 10.1 Å². The average Bonchev–Trinajstić information content (AvgIpc) is 2.75. The molecule has 3 rings (SSSR count). The number of halogens is 3. The Morgan fingerprint density at radius 3 is 2.48 bits per heavy atom. The Labute approximate surface area is 179 Å². The van der Waals surface area contributed by atoms with Gasteiger partial charge in [-0.3, -0.25) is 4.79 Å². The van der Waals surface area contributed by atoms with Gasteiger partial charge in [0.2, 0.25) is 10.0 Å². The molecule has 31 heavy (non-hydrogen) atoms. The lowest BCUT2D eigenvalue weighted by Crippen LogP contribution is -2.38. The number of ether oxygens (including phenoxy) is 1. The van der Waals surface area contributed by atoms with Crippen LogP contribution in [0.2, 0.25) is 0 Å². The third-order valence-corrected chi connectivity index (χ3v) is 7.03. The Bertz CT molecular complexity index is 1040. The smallest absolute Gasteiger partial charge is 0.416 e. The number of fused-ring (bicyclic) bond motifs is 1. The molecule has 0 saturated carbocycles. The molecule has 0 fully saturated rings. The molecular weight excluding hydrogens is 433 g/mol. The molecule has 2 aromatic carbocycles. The van der Waals surface area contributed by atoms with Gasteiger partial charge in [-0.15, -0.1) is 0 Å². The SMILES string of the molecule is COc1ccc2c(c1)CCN(S(=O)(=O)CCCNC(=O)c1ccc(C(F)(F)F)cc1)C2. The Hall–Kier alpha value is -2.59. The number of hydrogen-bond donors (Lipinski definition) is 1. The van der Waals surface area contributed by atoms with E-state index >= 15 is 0 Å². The highest BCUT2D eigenvalue weighted by atomic mass is 32.2. The number of rotatable bonds is 7. The normalized spacial score (nSPS) is 14.7. The van der Waals surface area contributed by atoms with Crippen molar-refractivity contribution in [2.45, 2.75) is 25.6 Å². The number of nitrogens with zero attached hydrogens (tertiary/aromatic N) is 1. The van der Waals surface area contributed by atoms with Gasteiger partial charge >= 0.3 is 6.18 Å². The monoisotopic (exact) mass is 456 g/mol. The van der Waals surface area contributed by atoms with Crippen molar-refractivity contribution in [3.8, 4) is 5.75 Å². The van der Waals surface area contributed by atoms with Crippen molar-refractivity contribution in [2.24, 2.45) is 0 Å². The number of benzene rings is 2. The van der Waals surface area contributed by atoms with Crippen molar-refractivity contribution in [2.75, 3.05) is 26.0 Å². The first kappa shape index (κ1) is 23.1. The van der Waals surface area contributed by atoms with Gasteiger partial charge in [0.15, 0.2) is 0 Å². The standard InChI is InChI=1S/C21H23F3N2O4S/c1-30-19-8-5-17-14-26(11-9-16(17)13-19)31(28,29)12-2-10-25-20(27)15-3-6-18(7-4-15)21(22,23)24/h3-8,13H,2,9-12,14H2,1H3,(H,25,27). The van der Waals surface area contributed by atoms with E-state index in [1.165, 1.54) is 4.31 Å². The molecule has 1 N–H and O–H groups in total. The fraction of sp³-hybridized carbons (Fsp3) is 0.381. The Morgan fingerprint density at radius 1 is 1.13 bits per heavy atom. The predicted octanol–water partition coefficient (Wildman–Crippen LogP) is 3.22. The molecule has 0 atom stereocenters. The van der Waals surface area contributed by atoms with Crippen molar-refractivity contribution in [3.05, 3.63) is 64.7 Å². The van der Waals surface area contributed by atoms with Crippen LogP contribution in [0.25, 0.3) is 0 Å². The van der Waals surface area contributed by atoms with E-state index in [4.69, 9.17) is 4.74 Å². The van der Waals surface area contributed by atoms with Crippen molar-refractivity contribution in [1.82, 2.24) is 9.62 Å². The summed E-state index contributed by atoms with van der Waals surface area (Å²) in [6.07, 6.45) is -3.68. The molecule has 1 aliphatic heterocycles. The Morgan fingerprint density at radius 2 is 1.84 bits per heavy atom. The second-order valence-corrected chi connectivity index (χ2v) is 9.31. The molecule has 0 unspecified atom stereocenters. The summed E-state index contributed by atoms with van der Waals surface area (Å²) in [4.78, 5) is 12.1. The fourth-order valence-corrected chi connectivity index (χ4v) is 4.84. The molecule has 0 bridgehead atoms. The van der Waals surface area contributed by atoms with Crippen molar-refractivity contribution in [1.29, 1.82) is 0 Å². The zero-order valence-corrected chi connectivity index (χ0v) is 17.7. The summed E-state index contributed by atoms with van der Waals surface area (Å²) in [5.74, 6) is 0.0528. The van der Waals surface area contributed by atoms with Gasteiger partial charge in [-0.2, -0.15) is 17.5 Å². The minimum Gasteiger partial charge on any atom is -0.497 e. The summed E-state index contributed by atoms with van der Waals surface area (Å²) in [5, 5.41) is 2.54. The van der Waals surface area contributed by atoms with Crippen LogP contribution in [0.1, 0.15) is 33.5 Å². The van der Waals surface area contributed by atoms with Gasteiger partial charge in [-0.25, -0.2) is 8.42 Å². The second kappa shape index (κ2) is 9.27. The van der Waals surface area contributed by atoms with Gasteiger partial charge in [-0.05, 0) is 60.4 Å². The molecule has 2 aromatic rings. The summed E-state index contributed by atoms with van der Waals surface area (Å²) in [5.41, 5.74) is 1.25. The molecule has 1 heterocycles. The van der Waals surface area contributed by atoms with E-state index in [0.29, 0.717) is 19.5 Å². The minimum absolute atomic E-state index is 0.0823. The van der Waals surface area contributed by atoms with Crippen LogP contribution in [0.4, 0.5) is 13.2 Å². The molecule has 1 amide bonds. The van der Waals surface area contributed by atoms with Crippen molar-refractivity contribution < 1.29 is 31.1 Å². The molecule has 168 valence electrons. The first-order chi connectivity index (χ1) is 14.6. The molecule has 10 heteroatoms. The lowest BCUT2D eigenvalue weighted by Gasteiger charge is -2.28. The van der Waals surface area contributed by atoms with Gasteiger partial charge in [0, 0.05) is 25.2 Å². The van der Waals surface area contributed by atoms with Crippen molar-refractivity contribution >= 4 is 15.9 Å². The molecule has 0 spiro atoms. The van der Waals surface area contributed by atoms with Crippen LogP contribution in [-0.4, -0.2) is 44.6 Å².